The van der Waals surface area contributed by atoms with Crippen LogP contribution in [0.25, 0.3) is 0 Å². The highest BCUT2D eigenvalue weighted by molar-refractivity contribution is 7.98. The summed E-state index contributed by atoms with van der Waals surface area (Å²) in [4.78, 5) is 22.9. The summed E-state index contributed by atoms with van der Waals surface area (Å²) in [5, 5.41) is 3.06. The van der Waals surface area contributed by atoms with E-state index in [0.29, 0.717) is 16.0 Å². The maximum absolute atomic E-state index is 11.2. The zero-order valence-corrected chi connectivity index (χ0v) is 11.2. The SMILES string of the molecule is CSc1c(NCCCC(C)(C)C)c(=O)c1=O. The Labute approximate surface area is 100 Å². The normalized spacial score (nSPS) is 12.0. The number of hydrogen-bond acceptors (Lipinski definition) is 4. The molecule has 0 heterocycles. The molecule has 0 aliphatic heterocycles. The van der Waals surface area contributed by atoms with E-state index in [1.165, 1.54) is 11.8 Å². The fraction of sp³-hybridized carbons (Fsp3) is 0.667. The van der Waals surface area contributed by atoms with E-state index in [9.17, 15) is 9.59 Å². The molecular weight excluding hydrogens is 222 g/mol. The molecule has 16 heavy (non-hydrogen) atoms. The van der Waals surface area contributed by atoms with Crippen LogP contribution in [0.3, 0.4) is 0 Å². The molecule has 1 rings (SSSR count). The van der Waals surface area contributed by atoms with Gasteiger partial charge in [0, 0.05) is 6.54 Å². The van der Waals surface area contributed by atoms with Crippen molar-refractivity contribution in [1.82, 2.24) is 0 Å². The Kier molecular flexibility index (Phi) is 4.19. The lowest BCUT2D eigenvalue weighted by Gasteiger charge is -2.18. The first kappa shape index (κ1) is 13.3. The van der Waals surface area contributed by atoms with Gasteiger partial charge in [-0.25, -0.2) is 0 Å². The van der Waals surface area contributed by atoms with Gasteiger partial charge in [-0.15, -0.1) is 11.8 Å². The monoisotopic (exact) mass is 241 g/mol. The van der Waals surface area contributed by atoms with E-state index in [1.54, 1.807) is 0 Å². The van der Waals surface area contributed by atoms with E-state index in [0.717, 1.165) is 19.4 Å². The highest BCUT2D eigenvalue weighted by Crippen LogP contribution is 2.22. The van der Waals surface area contributed by atoms with Crippen LogP contribution >= 0.6 is 11.8 Å². The number of thioether (sulfide) groups is 1. The van der Waals surface area contributed by atoms with Gasteiger partial charge in [0.1, 0.15) is 5.69 Å². The molecule has 0 aromatic heterocycles. The molecule has 0 saturated heterocycles. The lowest BCUT2D eigenvalue weighted by Crippen LogP contribution is -2.36. The van der Waals surface area contributed by atoms with Crippen LogP contribution < -0.4 is 16.2 Å². The summed E-state index contributed by atoms with van der Waals surface area (Å²) in [5.41, 5.74) is 0.134. The topological polar surface area (TPSA) is 46.2 Å². The average Bonchev–Trinajstić information content (AvgIpc) is 2.20. The van der Waals surface area contributed by atoms with Crippen LogP contribution in [0.1, 0.15) is 33.6 Å². The minimum Gasteiger partial charge on any atom is -0.381 e. The van der Waals surface area contributed by atoms with Crippen molar-refractivity contribution in [2.75, 3.05) is 18.1 Å². The highest BCUT2D eigenvalue weighted by Gasteiger charge is 2.19. The van der Waals surface area contributed by atoms with Crippen LogP contribution in [0.2, 0.25) is 0 Å². The molecule has 0 bridgehead atoms. The molecule has 1 N–H and O–H groups in total. The number of nitrogens with one attached hydrogen (secondary N) is 1. The van der Waals surface area contributed by atoms with Crippen LogP contribution in [0.4, 0.5) is 5.69 Å². The smallest absolute Gasteiger partial charge is 0.251 e. The minimum atomic E-state index is -0.361. The van der Waals surface area contributed by atoms with Gasteiger partial charge in [-0.3, -0.25) is 9.59 Å². The maximum Gasteiger partial charge on any atom is 0.251 e. The van der Waals surface area contributed by atoms with Gasteiger partial charge in [0.25, 0.3) is 5.43 Å². The van der Waals surface area contributed by atoms with Gasteiger partial charge in [0.15, 0.2) is 0 Å². The molecular formula is C12H19NO2S. The molecule has 0 aliphatic carbocycles. The fourth-order valence-electron chi connectivity index (χ4n) is 1.56. The molecule has 0 unspecified atom stereocenters. The molecule has 0 fully saturated rings. The molecule has 4 heteroatoms. The van der Waals surface area contributed by atoms with Crippen molar-refractivity contribution >= 4 is 17.4 Å². The zero-order valence-electron chi connectivity index (χ0n) is 10.3. The molecule has 0 atom stereocenters. The molecule has 0 radical (unpaired) electrons. The summed E-state index contributed by atoms with van der Waals surface area (Å²) >= 11 is 1.34. The van der Waals surface area contributed by atoms with E-state index in [2.05, 4.69) is 26.1 Å². The quantitative estimate of drug-likeness (QED) is 0.488. The largest absolute Gasteiger partial charge is 0.381 e. The summed E-state index contributed by atoms with van der Waals surface area (Å²) in [5.74, 6) is 0. The first-order valence-corrected chi connectivity index (χ1v) is 6.70. The van der Waals surface area contributed by atoms with Gasteiger partial charge in [-0.1, -0.05) is 20.8 Å². The number of anilines is 1. The molecule has 1 aromatic carbocycles. The molecule has 1 aromatic rings. The predicted octanol–water partition coefficient (Wildman–Crippen LogP) is 2.24. The van der Waals surface area contributed by atoms with Gasteiger partial charge in [-0.05, 0) is 24.5 Å². The number of hydrogen-bond donors (Lipinski definition) is 1. The molecule has 0 aliphatic rings. The van der Waals surface area contributed by atoms with E-state index in [4.69, 9.17) is 0 Å². The van der Waals surface area contributed by atoms with Gasteiger partial charge in [0.05, 0.1) is 4.90 Å². The van der Waals surface area contributed by atoms with Crippen LogP contribution in [0, 0.1) is 5.41 Å². The van der Waals surface area contributed by atoms with E-state index in [1.807, 2.05) is 6.26 Å². The lowest BCUT2D eigenvalue weighted by molar-refractivity contribution is 0.370. The minimum absolute atomic E-state index is 0.317. The fourth-order valence-corrected chi connectivity index (χ4v) is 2.21. The molecule has 90 valence electrons. The first-order valence-electron chi connectivity index (χ1n) is 5.48. The standard InChI is InChI=1S/C12H19NO2S/c1-12(2,3)6-5-7-13-8-9(14)10(15)11(8)16-4/h13H,5-7H2,1-4H3. The number of rotatable bonds is 5. The van der Waals surface area contributed by atoms with Crippen molar-refractivity contribution in [1.29, 1.82) is 0 Å². The Morgan fingerprint density at radius 2 is 1.81 bits per heavy atom. The lowest BCUT2D eigenvalue weighted by atomic mass is 9.91. The maximum atomic E-state index is 11.2. The Morgan fingerprint density at radius 1 is 1.19 bits per heavy atom. The Morgan fingerprint density at radius 3 is 2.31 bits per heavy atom. The van der Waals surface area contributed by atoms with Gasteiger partial charge in [-0.2, -0.15) is 0 Å². The first-order chi connectivity index (χ1) is 7.37. The predicted molar refractivity (Wildman–Crippen MR) is 70.3 cm³/mol. The highest BCUT2D eigenvalue weighted by atomic mass is 32.2. The van der Waals surface area contributed by atoms with Crippen molar-refractivity contribution in [3.05, 3.63) is 20.4 Å². The Bertz CT molecular complexity index is 425. The summed E-state index contributed by atoms with van der Waals surface area (Å²) in [6, 6.07) is 0. The second kappa shape index (κ2) is 5.04. The van der Waals surface area contributed by atoms with Crippen LogP contribution in [-0.2, 0) is 0 Å². The third-order valence-corrected chi connectivity index (χ3v) is 3.27. The summed E-state index contributed by atoms with van der Waals surface area (Å²) < 4.78 is 0. The second-order valence-corrected chi connectivity index (χ2v) is 5.97. The van der Waals surface area contributed by atoms with Gasteiger partial charge < -0.3 is 5.32 Å². The van der Waals surface area contributed by atoms with Crippen molar-refractivity contribution in [3.63, 3.8) is 0 Å². The van der Waals surface area contributed by atoms with E-state index < -0.39 is 0 Å². The average molecular weight is 241 g/mol. The summed E-state index contributed by atoms with van der Waals surface area (Å²) in [7, 11) is 0. The van der Waals surface area contributed by atoms with Crippen molar-refractivity contribution in [3.8, 4) is 0 Å². The van der Waals surface area contributed by atoms with Gasteiger partial charge >= 0.3 is 0 Å². The second-order valence-electron chi connectivity index (χ2n) is 5.16. The van der Waals surface area contributed by atoms with Gasteiger partial charge in [0.2, 0.25) is 5.43 Å². The van der Waals surface area contributed by atoms with Crippen LogP contribution in [-0.4, -0.2) is 12.8 Å². The van der Waals surface area contributed by atoms with Crippen molar-refractivity contribution in [2.45, 2.75) is 38.5 Å². The molecule has 3 nitrogen and oxygen atoms in total. The third kappa shape index (κ3) is 3.11. The van der Waals surface area contributed by atoms with E-state index >= 15 is 0 Å². The van der Waals surface area contributed by atoms with Crippen LogP contribution in [0.5, 0.6) is 0 Å². The van der Waals surface area contributed by atoms with E-state index in [-0.39, 0.29) is 10.9 Å². The third-order valence-electron chi connectivity index (χ3n) is 2.48. The van der Waals surface area contributed by atoms with Crippen molar-refractivity contribution in [2.24, 2.45) is 5.41 Å². The summed E-state index contributed by atoms with van der Waals surface area (Å²) in [6.45, 7) is 7.34. The molecule has 0 amide bonds. The summed E-state index contributed by atoms with van der Waals surface area (Å²) in [6.07, 6.45) is 3.93. The molecule has 0 saturated carbocycles. The van der Waals surface area contributed by atoms with Crippen molar-refractivity contribution < 1.29 is 0 Å². The Hall–Kier alpha value is -0.770. The molecule has 0 spiro atoms. The van der Waals surface area contributed by atoms with Crippen LogP contribution in [0.15, 0.2) is 14.5 Å². The Balaban J connectivity index is 2.42. The zero-order chi connectivity index (χ0) is 12.3.